The maximum atomic E-state index is 11.9. The molecule has 0 aliphatic carbocycles. The Labute approximate surface area is 141 Å². The Morgan fingerprint density at radius 3 is 2.58 bits per heavy atom. The molecule has 0 saturated carbocycles. The molecule has 1 amide bonds. The third-order valence-corrected chi connectivity index (χ3v) is 4.87. The monoisotopic (exact) mass is 328 g/mol. The minimum atomic E-state index is -0.305. The number of fused-ring (bicyclic) bond motifs is 1. The fraction of sp³-hybridized carbons (Fsp3) is 0.474. The van der Waals surface area contributed by atoms with Gasteiger partial charge >= 0.3 is 5.63 Å². The van der Waals surface area contributed by atoms with Crippen LogP contribution in [0.25, 0.3) is 11.0 Å². The lowest BCUT2D eigenvalue weighted by Gasteiger charge is -2.21. The zero-order chi connectivity index (χ0) is 17.3. The first-order valence-corrected chi connectivity index (χ1v) is 8.46. The lowest BCUT2D eigenvalue weighted by atomic mass is 10.0. The quantitative estimate of drug-likeness (QED) is 0.795. The van der Waals surface area contributed by atoms with Crippen molar-refractivity contribution in [3.63, 3.8) is 0 Å². The number of benzene rings is 1. The number of rotatable bonds is 2. The van der Waals surface area contributed by atoms with Crippen LogP contribution >= 0.6 is 0 Å². The standard InChI is InChI=1S/C19H24N2O3/c1-13-9-17-16(11-19(23)24-18(17)10-14(13)2)12-20-5-4-6-21(8-7-20)15(3)22/h9-11H,4-8,12H2,1-3H3. The molecule has 2 aromatic rings. The summed E-state index contributed by atoms with van der Waals surface area (Å²) in [6.07, 6.45) is 0.955. The van der Waals surface area contributed by atoms with Crippen LogP contribution in [0.5, 0.6) is 0 Å². The van der Waals surface area contributed by atoms with Crippen molar-refractivity contribution in [2.24, 2.45) is 0 Å². The number of hydrogen-bond donors (Lipinski definition) is 0. The van der Waals surface area contributed by atoms with Crippen molar-refractivity contribution in [1.29, 1.82) is 0 Å². The molecule has 3 rings (SSSR count). The zero-order valence-corrected chi connectivity index (χ0v) is 14.6. The number of nitrogens with zero attached hydrogens (tertiary/aromatic N) is 2. The van der Waals surface area contributed by atoms with Gasteiger partial charge in [-0.25, -0.2) is 4.79 Å². The zero-order valence-electron chi connectivity index (χ0n) is 14.6. The maximum absolute atomic E-state index is 11.9. The molecule has 128 valence electrons. The Bertz CT molecular complexity index is 825. The van der Waals surface area contributed by atoms with E-state index in [4.69, 9.17) is 4.42 Å². The summed E-state index contributed by atoms with van der Waals surface area (Å²) in [4.78, 5) is 27.7. The van der Waals surface area contributed by atoms with Crippen molar-refractivity contribution in [1.82, 2.24) is 9.80 Å². The van der Waals surface area contributed by atoms with Gasteiger partial charge in [-0.1, -0.05) is 0 Å². The van der Waals surface area contributed by atoms with Gasteiger partial charge in [-0.3, -0.25) is 9.69 Å². The topological polar surface area (TPSA) is 53.8 Å². The lowest BCUT2D eigenvalue weighted by molar-refractivity contribution is -0.128. The van der Waals surface area contributed by atoms with Gasteiger partial charge in [-0.05, 0) is 49.1 Å². The van der Waals surface area contributed by atoms with Crippen LogP contribution in [0.4, 0.5) is 0 Å². The second-order valence-corrected chi connectivity index (χ2v) is 6.66. The highest BCUT2D eigenvalue weighted by molar-refractivity contribution is 5.81. The second-order valence-electron chi connectivity index (χ2n) is 6.66. The summed E-state index contributed by atoms with van der Waals surface area (Å²) in [5.74, 6) is 0.133. The molecule has 1 aliphatic rings. The van der Waals surface area contributed by atoms with Crippen LogP contribution in [0.1, 0.15) is 30.0 Å². The van der Waals surface area contributed by atoms with E-state index in [0.717, 1.165) is 49.1 Å². The molecule has 0 radical (unpaired) electrons. The predicted octanol–water partition coefficient (Wildman–Crippen LogP) is 2.46. The molecule has 0 bridgehead atoms. The van der Waals surface area contributed by atoms with Crippen LogP contribution in [-0.2, 0) is 11.3 Å². The summed E-state index contributed by atoms with van der Waals surface area (Å²) in [5.41, 5.74) is 3.66. The van der Waals surface area contributed by atoms with E-state index in [0.29, 0.717) is 12.1 Å². The van der Waals surface area contributed by atoms with Crippen molar-refractivity contribution < 1.29 is 9.21 Å². The number of carbonyl (C=O) groups is 1. The van der Waals surface area contributed by atoms with E-state index in [9.17, 15) is 9.59 Å². The van der Waals surface area contributed by atoms with E-state index in [-0.39, 0.29) is 11.5 Å². The van der Waals surface area contributed by atoms with Crippen molar-refractivity contribution in [2.75, 3.05) is 26.2 Å². The van der Waals surface area contributed by atoms with Gasteiger partial charge in [0.05, 0.1) is 0 Å². The molecule has 5 nitrogen and oxygen atoms in total. The molecule has 1 aromatic heterocycles. The molecule has 5 heteroatoms. The van der Waals surface area contributed by atoms with Gasteiger partial charge in [0.15, 0.2) is 0 Å². The molecule has 0 spiro atoms. The number of aryl methyl sites for hydroxylation is 2. The fourth-order valence-electron chi connectivity index (χ4n) is 3.30. The lowest BCUT2D eigenvalue weighted by Crippen LogP contribution is -2.33. The Kier molecular flexibility index (Phi) is 4.71. The summed E-state index contributed by atoms with van der Waals surface area (Å²) < 4.78 is 5.37. The molecule has 0 atom stereocenters. The molecule has 2 heterocycles. The van der Waals surface area contributed by atoms with Crippen LogP contribution in [0.15, 0.2) is 27.4 Å². The first kappa shape index (κ1) is 16.7. The first-order valence-electron chi connectivity index (χ1n) is 8.46. The molecule has 24 heavy (non-hydrogen) atoms. The third kappa shape index (κ3) is 3.51. The number of amides is 1. The normalized spacial score (nSPS) is 16.4. The second kappa shape index (κ2) is 6.77. The molecule has 0 N–H and O–H groups in total. The van der Waals surface area contributed by atoms with E-state index >= 15 is 0 Å². The molecular weight excluding hydrogens is 304 g/mol. The summed E-state index contributed by atoms with van der Waals surface area (Å²) in [7, 11) is 0. The largest absolute Gasteiger partial charge is 0.423 e. The fourth-order valence-corrected chi connectivity index (χ4v) is 3.30. The Morgan fingerprint density at radius 2 is 1.83 bits per heavy atom. The highest BCUT2D eigenvalue weighted by Crippen LogP contribution is 2.23. The predicted molar refractivity (Wildman–Crippen MR) is 94.1 cm³/mol. The minimum Gasteiger partial charge on any atom is -0.423 e. The smallest absolute Gasteiger partial charge is 0.336 e. The summed E-state index contributed by atoms with van der Waals surface area (Å²) in [6, 6.07) is 5.64. The van der Waals surface area contributed by atoms with Gasteiger partial charge in [0, 0.05) is 51.1 Å². The van der Waals surface area contributed by atoms with Gasteiger partial charge in [-0.15, -0.1) is 0 Å². The van der Waals surface area contributed by atoms with Gasteiger partial charge in [0.1, 0.15) is 5.58 Å². The molecule has 1 aromatic carbocycles. The summed E-state index contributed by atoms with van der Waals surface area (Å²) in [5, 5.41) is 1.00. The van der Waals surface area contributed by atoms with Crippen molar-refractivity contribution in [2.45, 2.75) is 33.7 Å². The van der Waals surface area contributed by atoms with Gasteiger partial charge < -0.3 is 9.32 Å². The minimum absolute atomic E-state index is 0.133. The van der Waals surface area contributed by atoms with Crippen LogP contribution in [0.3, 0.4) is 0 Å². The van der Waals surface area contributed by atoms with E-state index in [1.54, 1.807) is 13.0 Å². The molecule has 1 fully saturated rings. The average Bonchev–Trinajstić information content (AvgIpc) is 2.75. The van der Waals surface area contributed by atoms with Crippen LogP contribution < -0.4 is 5.63 Å². The van der Waals surface area contributed by atoms with E-state index in [2.05, 4.69) is 17.9 Å². The van der Waals surface area contributed by atoms with E-state index in [1.165, 1.54) is 5.56 Å². The Morgan fingerprint density at radius 1 is 1.08 bits per heavy atom. The molecule has 1 aliphatic heterocycles. The summed E-state index contributed by atoms with van der Waals surface area (Å²) in [6.45, 7) is 9.72. The highest BCUT2D eigenvalue weighted by Gasteiger charge is 2.18. The SMILES string of the molecule is CC(=O)N1CCCN(Cc2cc(=O)oc3cc(C)c(C)cc23)CC1. The van der Waals surface area contributed by atoms with Crippen molar-refractivity contribution >= 4 is 16.9 Å². The van der Waals surface area contributed by atoms with Gasteiger partial charge in [0.2, 0.25) is 5.91 Å². The van der Waals surface area contributed by atoms with E-state index in [1.807, 2.05) is 17.9 Å². The number of carbonyl (C=O) groups excluding carboxylic acids is 1. The molecular formula is C19H24N2O3. The molecule has 0 unspecified atom stereocenters. The maximum Gasteiger partial charge on any atom is 0.336 e. The third-order valence-electron chi connectivity index (χ3n) is 4.87. The van der Waals surface area contributed by atoms with Crippen LogP contribution in [0.2, 0.25) is 0 Å². The van der Waals surface area contributed by atoms with E-state index < -0.39 is 0 Å². The van der Waals surface area contributed by atoms with Crippen LogP contribution in [0, 0.1) is 13.8 Å². The Hall–Kier alpha value is -2.14. The van der Waals surface area contributed by atoms with Gasteiger partial charge in [0.25, 0.3) is 0 Å². The van der Waals surface area contributed by atoms with Crippen LogP contribution in [-0.4, -0.2) is 41.9 Å². The Balaban J connectivity index is 1.88. The summed E-state index contributed by atoms with van der Waals surface area (Å²) >= 11 is 0. The van der Waals surface area contributed by atoms with Crippen molar-refractivity contribution in [3.05, 3.63) is 45.3 Å². The average molecular weight is 328 g/mol. The number of hydrogen-bond acceptors (Lipinski definition) is 4. The molecule has 1 saturated heterocycles. The first-order chi connectivity index (χ1) is 11.4. The van der Waals surface area contributed by atoms with Gasteiger partial charge in [-0.2, -0.15) is 0 Å². The highest BCUT2D eigenvalue weighted by atomic mass is 16.4. The van der Waals surface area contributed by atoms with Crippen molar-refractivity contribution in [3.8, 4) is 0 Å².